The minimum atomic E-state index is 0.438. The Hall–Kier alpha value is -2.48. The summed E-state index contributed by atoms with van der Waals surface area (Å²) >= 11 is 0. The zero-order chi connectivity index (χ0) is 19.8. The Morgan fingerprint density at radius 2 is 1.11 bits per heavy atom. The molecule has 0 amide bonds. The molecule has 0 aromatic heterocycles. The van der Waals surface area contributed by atoms with E-state index < -0.39 is 0 Å². The van der Waals surface area contributed by atoms with Crippen molar-refractivity contribution < 1.29 is 0 Å². The van der Waals surface area contributed by atoms with Crippen LogP contribution >= 0.6 is 0 Å². The first kappa shape index (κ1) is 20.8. The maximum atomic E-state index is 2.52. The quantitative estimate of drug-likeness (QED) is 0.397. The summed E-state index contributed by atoms with van der Waals surface area (Å²) in [6.45, 7) is 12.4. The lowest BCUT2D eigenvalue weighted by Gasteiger charge is -2.34. The Kier molecular flexibility index (Phi) is 7.73. The molecule has 0 radical (unpaired) electrons. The highest BCUT2D eigenvalue weighted by molar-refractivity contribution is 6.81. The second-order valence-electron chi connectivity index (χ2n) is 5.82. The number of hydrogen-bond acceptors (Lipinski definition) is 1. The molecule has 3 aromatic rings. The van der Waals surface area contributed by atoms with E-state index in [1.165, 1.54) is 33.5 Å². The lowest BCUT2D eigenvalue weighted by atomic mass is 9.49. The number of para-hydroxylation sites is 2. The molecule has 1 nitrogen and oxygen atoms in total. The van der Waals surface area contributed by atoms with Gasteiger partial charge in [0.1, 0.15) is 0 Å². The third kappa shape index (κ3) is 3.67. The molecule has 27 heavy (non-hydrogen) atoms. The normalized spacial score (nSPS) is 11.8. The Morgan fingerprint density at radius 3 is 1.81 bits per heavy atom. The van der Waals surface area contributed by atoms with Crippen LogP contribution in [0, 0.1) is 0 Å². The van der Waals surface area contributed by atoms with Crippen molar-refractivity contribution in [2.45, 2.75) is 47.9 Å². The number of fused-ring (bicyclic) bond motifs is 8. The first-order valence-corrected chi connectivity index (χ1v) is 10.5. The van der Waals surface area contributed by atoms with Crippen LogP contribution in [0.5, 0.6) is 0 Å². The molecule has 0 spiro atoms. The van der Waals surface area contributed by atoms with E-state index >= 15 is 0 Å². The summed E-state index contributed by atoms with van der Waals surface area (Å²) in [6.07, 6.45) is 1.10. The molecule has 0 fully saturated rings. The monoisotopic (exact) mass is 357 g/mol. The molecule has 2 heteroatoms. The van der Waals surface area contributed by atoms with Gasteiger partial charge in [-0.15, -0.1) is 0 Å². The summed E-state index contributed by atoms with van der Waals surface area (Å²) in [4.78, 5) is 2.52. The largest absolute Gasteiger partial charge is 0.380 e. The van der Waals surface area contributed by atoms with Crippen LogP contribution in [0.15, 0.2) is 72.8 Å². The van der Waals surface area contributed by atoms with E-state index in [1.807, 2.05) is 41.5 Å². The first-order valence-electron chi connectivity index (χ1n) is 10.5. The van der Waals surface area contributed by atoms with Crippen LogP contribution in [0.3, 0.4) is 0 Å². The number of hydrogen-bond donors (Lipinski definition) is 0. The Morgan fingerprint density at radius 1 is 0.593 bits per heavy atom. The zero-order valence-corrected chi connectivity index (χ0v) is 17.7. The summed E-state index contributed by atoms with van der Waals surface area (Å²) in [5.41, 5.74) is 8.35. The van der Waals surface area contributed by atoms with E-state index in [-0.39, 0.29) is 0 Å². The molecule has 2 heterocycles. The molecule has 0 saturated heterocycles. The molecule has 140 valence electrons. The number of nitrogens with zero attached hydrogens (tertiary/aromatic N) is 1. The molecule has 2 aliphatic rings. The number of anilines is 2. The zero-order valence-electron chi connectivity index (χ0n) is 17.7. The van der Waals surface area contributed by atoms with Gasteiger partial charge >= 0.3 is 0 Å². The fourth-order valence-corrected chi connectivity index (χ4v) is 3.88. The first-order chi connectivity index (χ1) is 13.4. The van der Waals surface area contributed by atoms with Crippen molar-refractivity contribution in [1.82, 2.24) is 0 Å². The molecular weight excluding hydrogens is 325 g/mol. The standard InChI is InChI=1S/C19H14BN.3C2H6/c1-5-11-18-14(7-1)13-20-17-10-4-2-8-15(17)16-9-3-6-12-19(16)21(18)20;3*1-2/h1-12H,13H2;3*1-2H3. The van der Waals surface area contributed by atoms with Crippen LogP contribution in [0.2, 0.25) is 0 Å². The minimum absolute atomic E-state index is 0.438. The van der Waals surface area contributed by atoms with Crippen LogP contribution < -0.4 is 10.3 Å². The Balaban J connectivity index is 0.000000400. The van der Waals surface area contributed by atoms with Crippen LogP contribution in [-0.2, 0) is 6.32 Å². The fourth-order valence-electron chi connectivity index (χ4n) is 3.88. The summed E-state index contributed by atoms with van der Waals surface area (Å²) in [7, 11) is 0. The minimum Gasteiger partial charge on any atom is -0.380 e. The van der Waals surface area contributed by atoms with Gasteiger partial charge in [-0.05, 0) is 35.0 Å². The van der Waals surface area contributed by atoms with Crippen molar-refractivity contribution in [2.75, 3.05) is 4.81 Å². The van der Waals surface area contributed by atoms with Gasteiger partial charge < -0.3 is 4.81 Å². The predicted molar refractivity (Wildman–Crippen MR) is 124 cm³/mol. The van der Waals surface area contributed by atoms with Crippen molar-refractivity contribution in [2.24, 2.45) is 0 Å². The fraction of sp³-hybridized carbons (Fsp3) is 0.280. The van der Waals surface area contributed by atoms with Gasteiger partial charge in [0.25, 0.3) is 6.85 Å². The van der Waals surface area contributed by atoms with Gasteiger partial charge in [0.2, 0.25) is 0 Å². The van der Waals surface area contributed by atoms with Crippen molar-refractivity contribution in [1.29, 1.82) is 0 Å². The molecule has 0 aliphatic carbocycles. The van der Waals surface area contributed by atoms with E-state index in [2.05, 4.69) is 77.6 Å². The lowest BCUT2D eigenvalue weighted by molar-refractivity contribution is 1.39. The van der Waals surface area contributed by atoms with Crippen LogP contribution in [-0.4, -0.2) is 6.85 Å². The van der Waals surface area contributed by atoms with Gasteiger partial charge in [0, 0.05) is 16.9 Å². The van der Waals surface area contributed by atoms with Crippen molar-refractivity contribution in [3.63, 3.8) is 0 Å². The second kappa shape index (κ2) is 10.0. The summed E-state index contributed by atoms with van der Waals surface area (Å²) in [5.74, 6) is 0. The molecule has 0 N–H and O–H groups in total. The van der Waals surface area contributed by atoms with Crippen LogP contribution in [0.25, 0.3) is 11.1 Å². The van der Waals surface area contributed by atoms with E-state index in [9.17, 15) is 0 Å². The maximum absolute atomic E-state index is 2.52. The molecule has 3 aromatic carbocycles. The van der Waals surface area contributed by atoms with Crippen LogP contribution in [0.4, 0.5) is 11.4 Å². The second-order valence-corrected chi connectivity index (χ2v) is 5.82. The average molecular weight is 357 g/mol. The molecule has 5 rings (SSSR count). The summed E-state index contributed by atoms with van der Waals surface area (Å²) in [6, 6.07) is 26.4. The molecule has 0 bridgehead atoms. The van der Waals surface area contributed by atoms with Crippen LogP contribution in [0.1, 0.15) is 47.1 Å². The van der Waals surface area contributed by atoms with Crippen molar-refractivity contribution >= 4 is 23.7 Å². The summed E-state index contributed by atoms with van der Waals surface area (Å²) in [5, 5.41) is 0. The third-order valence-electron chi connectivity index (χ3n) is 4.75. The highest BCUT2D eigenvalue weighted by Crippen LogP contribution is 2.44. The molecule has 2 aliphatic heterocycles. The van der Waals surface area contributed by atoms with Crippen molar-refractivity contribution in [3.8, 4) is 11.1 Å². The van der Waals surface area contributed by atoms with Gasteiger partial charge in [-0.1, -0.05) is 102 Å². The molecule has 0 unspecified atom stereocenters. The number of benzene rings is 3. The Labute approximate surface area is 166 Å². The molecule has 0 saturated carbocycles. The topological polar surface area (TPSA) is 3.24 Å². The molecule has 0 atom stereocenters. The van der Waals surface area contributed by atoms with Gasteiger partial charge in [0.15, 0.2) is 0 Å². The Bertz CT molecular complexity index is 856. The van der Waals surface area contributed by atoms with E-state index in [0.717, 1.165) is 6.32 Å². The number of rotatable bonds is 0. The SMILES string of the molecule is CC.CC.CC.c1ccc2c(c1)CB1c3ccccc3-c3ccccc3N12. The van der Waals surface area contributed by atoms with Crippen molar-refractivity contribution in [3.05, 3.63) is 78.4 Å². The average Bonchev–Trinajstić information content (AvgIpc) is 3.18. The van der Waals surface area contributed by atoms with E-state index in [0.29, 0.717) is 6.85 Å². The predicted octanol–water partition coefficient (Wildman–Crippen LogP) is 6.88. The van der Waals surface area contributed by atoms with Gasteiger partial charge in [0.05, 0.1) is 0 Å². The third-order valence-corrected chi connectivity index (χ3v) is 4.75. The molecular formula is C25H32BN. The van der Waals surface area contributed by atoms with E-state index in [4.69, 9.17) is 0 Å². The van der Waals surface area contributed by atoms with Gasteiger partial charge in [-0.3, -0.25) is 0 Å². The highest BCUT2D eigenvalue weighted by atomic mass is 15.1. The lowest BCUT2D eigenvalue weighted by Crippen LogP contribution is -2.47. The summed E-state index contributed by atoms with van der Waals surface area (Å²) < 4.78 is 0. The smallest absolute Gasteiger partial charge is 0.299 e. The van der Waals surface area contributed by atoms with Gasteiger partial charge in [-0.25, -0.2) is 0 Å². The van der Waals surface area contributed by atoms with E-state index in [1.54, 1.807) is 0 Å². The highest BCUT2D eigenvalue weighted by Gasteiger charge is 2.40. The van der Waals surface area contributed by atoms with Gasteiger partial charge in [-0.2, -0.15) is 0 Å². The maximum Gasteiger partial charge on any atom is 0.299 e.